The van der Waals surface area contributed by atoms with Gasteiger partial charge < -0.3 is 5.11 Å². The first-order valence-corrected chi connectivity index (χ1v) is 8.65. The summed E-state index contributed by atoms with van der Waals surface area (Å²) >= 11 is 0. The SMILES string of the molecule is C=CCN(c1ccccc1C(=O)O)S(=O)(=O)/C=C/c1ccccc1. The molecule has 0 unspecified atom stereocenters. The summed E-state index contributed by atoms with van der Waals surface area (Å²) in [6.45, 7) is 3.52. The van der Waals surface area contributed by atoms with E-state index in [0.29, 0.717) is 0 Å². The zero-order valence-electron chi connectivity index (χ0n) is 12.9. The van der Waals surface area contributed by atoms with Crippen molar-refractivity contribution >= 4 is 27.8 Å². The predicted octanol–water partition coefficient (Wildman–Crippen LogP) is 3.38. The van der Waals surface area contributed by atoms with Crippen molar-refractivity contribution in [3.05, 3.63) is 83.8 Å². The van der Waals surface area contributed by atoms with Crippen LogP contribution in [0, 0.1) is 0 Å². The van der Waals surface area contributed by atoms with Crippen molar-refractivity contribution in [2.24, 2.45) is 0 Å². The number of sulfonamides is 1. The van der Waals surface area contributed by atoms with E-state index in [9.17, 15) is 18.3 Å². The Morgan fingerprint density at radius 3 is 2.33 bits per heavy atom. The highest BCUT2D eigenvalue weighted by Crippen LogP contribution is 2.24. The third-order valence-corrected chi connectivity index (χ3v) is 4.68. The van der Waals surface area contributed by atoms with E-state index in [4.69, 9.17) is 0 Å². The molecule has 0 aliphatic carbocycles. The van der Waals surface area contributed by atoms with E-state index < -0.39 is 16.0 Å². The van der Waals surface area contributed by atoms with Gasteiger partial charge in [-0.1, -0.05) is 48.5 Å². The van der Waals surface area contributed by atoms with Crippen LogP contribution in [0.3, 0.4) is 0 Å². The van der Waals surface area contributed by atoms with Crippen molar-refractivity contribution in [3.63, 3.8) is 0 Å². The van der Waals surface area contributed by atoms with Crippen LogP contribution in [0.2, 0.25) is 0 Å². The lowest BCUT2D eigenvalue weighted by molar-refractivity contribution is 0.0698. The largest absolute Gasteiger partial charge is 0.478 e. The number of para-hydroxylation sites is 1. The van der Waals surface area contributed by atoms with Gasteiger partial charge in [-0.3, -0.25) is 4.31 Å². The molecule has 0 spiro atoms. The number of anilines is 1. The summed E-state index contributed by atoms with van der Waals surface area (Å²) in [6.07, 6.45) is 2.88. The molecule has 5 nitrogen and oxygen atoms in total. The van der Waals surface area contributed by atoms with Crippen molar-refractivity contribution < 1.29 is 18.3 Å². The highest BCUT2D eigenvalue weighted by atomic mass is 32.2. The molecule has 124 valence electrons. The number of nitrogens with zero attached hydrogens (tertiary/aromatic N) is 1. The van der Waals surface area contributed by atoms with Crippen molar-refractivity contribution in [2.45, 2.75) is 0 Å². The van der Waals surface area contributed by atoms with Gasteiger partial charge in [0.05, 0.1) is 23.2 Å². The molecule has 0 radical (unpaired) electrons. The normalized spacial score (nSPS) is 11.3. The Bertz CT molecular complexity index is 858. The molecule has 0 fully saturated rings. The maximum Gasteiger partial charge on any atom is 0.337 e. The molecule has 1 N–H and O–H groups in total. The molecular weight excluding hydrogens is 326 g/mol. The van der Waals surface area contributed by atoms with Gasteiger partial charge in [-0.2, -0.15) is 0 Å². The van der Waals surface area contributed by atoms with Crippen LogP contribution in [0.25, 0.3) is 6.08 Å². The summed E-state index contributed by atoms with van der Waals surface area (Å²) < 4.78 is 26.4. The minimum absolute atomic E-state index is 0.0360. The number of carboxylic acids is 1. The number of carbonyl (C=O) groups is 1. The predicted molar refractivity (Wildman–Crippen MR) is 95.3 cm³/mol. The van der Waals surface area contributed by atoms with Gasteiger partial charge in [-0.15, -0.1) is 6.58 Å². The zero-order valence-corrected chi connectivity index (χ0v) is 13.7. The number of rotatable bonds is 7. The smallest absolute Gasteiger partial charge is 0.337 e. The van der Waals surface area contributed by atoms with E-state index in [1.807, 2.05) is 6.07 Å². The molecule has 0 amide bonds. The molecular formula is C18H17NO4S. The summed E-state index contributed by atoms with van der Waals surface area (Å²) in [5.41, 5.74) is 0.741. The number of benzene rings is 2. The molecule has 0 heterocycles. The fraction of sp³-hybridized carbons (Fsp3) is 0.0556. The molecule has 0 aromatic heterocycles. The molecule has 0 saturated heterocycles. The van der Waals surface area contributed by atoms with Gasteiger partial charge in [0.15, 0.2) is 0 Å². The number of carboxylic acid groups (broad SMARTS) is 1. The first-order valence-electron chi connectivity index (χ1n) is 7.15. The van der Waals surface area contributed by atoms with Crippen molar-refractivity contribution in [1.82, 2.24) is 0 Å². The van der Waals surface area contributed by atoms with Crippen LogP contribution in [0.4, 0.5) is 5.69 Å². The van der Waals surface area contributed by atoms with Crippen LogP contribution < -0.4 is 4.31 Å². The van der Waals surface area contributed by atoms with E-state index in [1.54, 1.807) is 36.4 Å². The van der Waals surface area contributed by atoms with Crippen LogP contribution in [0.5, 0.6) is 0 Å². The first kappa shape index (κ1) is 17.5. The third kappa shape index (κ3) is 4.11. The van der Waals surface area contributed by atoms with Gasteiger partial charge >= 0.3 is 5.97 Å². The van der Waals surface area contributed by atoms with Gasteiger partial charge in [0, 0.05) is 0 Å². The Morgan fingerprint density at radius 1 is 1.08 bits per heavy atom. The molecule has 0 bridgehead atoms. The van der Waals surface area contributed by atoms with Crippen LogP contribution in [-0.4, -0.2) is 26.0 Å². The standard InChI is InChI=1S/C18H17NO4S/c1-2-13-19(17-11-7-6-10-16(17)18(20)21)24(22,23)14-12-15-8-4-3-5-9-15/h2-12,14H,1,13H2,(H,20,21)/b14-12+. The van der Waals surface area contributed by atoms with Gasteiger partial charge in [0.1, 0.15) is 0 Å². The maximum atomic E-state index is 12.7. The highest BCUT2D eigenvalue weighted by molar-refractivity contribution is 7.95. The van der Waals surface area contributed by atoms with E-state index in [0.717, 1.165) is 15.3 Å². The fourth-order valence-corrected chi connectivity index (χ4v) is 3.35. The monoisotopic (exact) mass is 343 g/mol. The lowest BCUT2D eigenvalue weighted by atomic mass is 10.2. The molecule has 0 saturated carbocycles. The molecule has 24 heavy (non-hydrogen) atoms. The van der Waals surface area contributed by atoms with Gasteiger partial charge in [-0.25, -0.2) is 13.2 Å². The Morgan fingerprint density at radius 2 is 1.71 bits per heavy atom. The van der Waals surface area contributed by atoms with E-state index in [2.05, 4.69) is 6.58 Å². The second-order valence-electron chi connectivity index (χ2n) is 4.90. The first-order chi connectivity index (χ1) is 11.5. The van der Waals surface area contributed by atoms with Gasteiger partial charge in [-0.05, 0) is 23.8 Å². The summed E-state index contributed by atoms with van der Waals surface area (Å²) in [5, 5.41) is 10.4. The van der Waals surface area contributed by atoms with Crippen LogP contribution in [-0.2, 0) is 10.0 Å². The average Bonchev–Trinajstić information content (AvgIpc) is 2.59. The van der Waals surface area contributed by atoms with Crippen LogP contribution in [0.1, 0.15) is 15.9 Å². The van der Waals surface area contributed by atoms with E-state index in [1.165, 1.54) is 24.3 Å². The molecule has 2 aromatic rings. The second kappa shape index (κ2) is 7.61. The molecule has 6 heteroatoms. The number of aromatic carboxylic acids is 1. The molecule has 0 aliphatic rings. The number of hydrogen-bond donors (Lipinski definition) is 1. The minimum Gasteiger partial charge on any atom is -0.478 e. The summed E-state index contributed by atoms with van der Waals surface area (Å²) in [7, 11) is -3.87. The van der Waals surface area contributed by atoms with E-state index in [-0.39, 0.29) is 17.8 Å². The molecule has 2 rings (SSSR count). The Balaban J connectivity index is 2.45. The highest BCUT2D eigenvalue weighted by Gasteiger charge is 2.23. The molecule has 0 aliphatic heterocycles. The van der Waals surface area contributed by atoms with Crippen molar-refractivity contribution in [3.8, 4) is 0 Å². The van der Waals surface area contributed by atoms with Crippen molar-refractivity contribution in [1.29, 1.82) is 0 Å². The Hall–Kier alpha value is -2.86. The summed E-state index contributed by atoms with van der Waals surface area (Å²) in [6, 6.07) is 14.9. The lowest BCUT2D eigenvalue weighted by Crippen LogP contribution is -2.30. The average molecular weight is 343 g/mol. The molecule has 2 aromatic carbocycles. The molecule has 0 atom stereocenters. The maximum absolute atomic E-state index is 12.7. The topological polar surface area (TPSA) is 74.7 Å². The zero-order chi connectivity index (χ0) is 17.6. The lowest BCUT2D eigenvalue weighted by Gasteiger charge is -2.22. The van der Waals surface area contributed by atoms with Gasteiger partial charge in [0.25, 0.3) is 10.0 Å². The Labute approximate surface area is 141 Å². The quantitative estimate of drug-likeness (QED) is 0.782. The second-order valence-corrected chi connectivity index (χ2v) is 6.64. The summed E-state index contributed by atoms with van der Waals surface area (Å²) in [4.78, 5) is 11.4. The Kier molecular flexibility index (Phi) is 5.55. The fourth-order valence-electron chi connectivity index (χ4n) is 2.13. The van der Waals surface area contributed by atoms with Crippen LogP contribution >= 0.6 is 0 Å². The number of hydrogen-bond acceptors (Lipinski definition) is 3. The van der Waals surface area contributed by atoms with Crippen molar-refractivity contribution in [2.75, 3.05) is 10.8 Å². The van der Waals surface area contributed by atoms with E-state index >= 15 is 0 Å². The third-order valence-electron chi connectivity index (χ3n) is 3.24. The van der Waals surface area contributed by atoms with Gasteiger partial charge in [0.2, 0.25) is 0 Å². The van der Waals surface area contributed by atoms with Crippen LogP contribution in [0.15, 0.2) is 72.7 Å². The minimum atomic E-state index is -3.87. The summed E-state index contributed by atoms with van der Waals surface area (Å²) in [5.74, 6) is -1.19.